The van der Waals surface area contributed by atoms with Crippen molar-refractivity contribution in [2.45, 2.75) is 24.8 Å². The number of halogens is 5. The Morgan fingerprint density at radius 1 is 0.927 bits per heavy atom. The largest absolute Gasteiger partial charge is 0.547 e. The molecule has 0 aromatic heterocycles. The lowest BCUT2D eigenvalue weighted by molar-refractivity contribution is -0.153. The number of piperazine rings is 1. The number of benzene rings is 3. The highest BCUT2D eigenvalue weighted by atomic mass is 35.5. The second kappa shape index (κ2) is 16.0. The molecule has 0 radical (unpaired) electrons. The number of phenols is 3. The van der Waals surface area contributed by atoms with E-state index in [9.17, 15) is 71.8 Å². The first-order chi connectivity index (χ1) is 25.9. The molecule has 3 aromatic rings. The van der Waals surface area contributed by atoms with E-state index in [1.165, 1.54) is 0 Å². The van der Waals surface area contributed by atoms with Crippen LogP contribution in [-0.2, 0) is 20.8 Å². The molecule has 17 nitrogen and oxygen atoms in total. The van der Waals surface area contributed by atoms with Gasteiger partial charge in [0.1, 0.15) is 23.2 Å². The predicted octanol–water partition coefficient (Wildman–Crippen LogP) is 1.09. The number of rotatable bonds is 10. The van der Waals surface area contributed by atoms with Crippen LogP contribution in [0.2, 0.25) is 5.02 Å². The summed E-state index contributed by atoms with van der Waals surface area (Å²) < 4.78 is 61.1. The number of hydrogen-bond acceptors (Lipinski definition) is 11. The second-order valence-corrected chi connectivity index (χ2v) is 12.4. The first-order valence-corrected chi connectivity index (χ1v) is 16.3. The maximum Gasteiger partial charge on any atom is 0.547 e. The van der Waals surface area contributed by atoms with Crippen LogP contribution in [0.15, 0.2) is 30.3 Å². The monoisotopic (exact) mass is 795 g/mol. The minimum Gasteiger partial charge on any atom is -0.534 e. The topological polar surface area (TPSA) is 255 Å². The number of carboxylic acid groups (broad SMARTS) is 1. The Kier molecular flexibility index (Phi) is 11.6. The third-order valence-electron chi connectivity index (χ3n) is 8.51. The number of amides is 6. The minimum absolute atomic E-state index is 0.0322. The quantitative estimate of drug-likeness (QED) is 0.0472. The van der Waals surface area contributed by atoms with E-state index in [1.807, 2.05) is 0 Å². The van der Waals surface area contributed by atoms with E-state index >= 15 is 0 Å². The molecule has 23 heteroatoms. The summed E-state index contributed by atoms with van der Waals surface area (Å²) in [5, 5.41) is 55.1. The first-order valence-electron chi connectivity index (χ1n) is 15.9. The average Bonchev–Trinajstić information content (AvgIpc) is 3.13. The number of carboxylic acids is 1. The second-order valence-electron chi connectivity index (χ2n) is 12.0. The van der Waals surface area contributed by atoms with Crippen LogP contribution in [-0.4, -0.2) is 110 Å². The van der Waals surface area contributed by atoms with Gasteiger partial charge < -0.3 is 51.0 Å². The summed E-state index contributed by atoms with van der Waals surface area (Å²) in [4.78, 5) is 78.2. The Morgan fingerprint density at radius 3 is 2.24 bits per heavy atom. The highest BCUT2D eigenvalue weighted by Gasteiger charge is 2.42. The number of carbonyl (C=O) groups is 6. The Hall–Kier alpha value is -6.29. The van der Waals surface area contributed by atoms with E-state index in [4.69, 9.17) is 16.3 Å². The van der Waals surface area contributed by atoms with Crippen molar-refractivity contribution in [3.05, 3.63) is 80.9 Å². The fourth-order valence-electron chi connectivity index (χ4n) is 5.70. The van der Waals surface area contributed by atoms with Gasteiger partial charge >= 0.3 is 30.9 Å². The Labute approximate surface area is 311 Å². The van der Waals surface area contributed by atoms with E-state index in [1.54, 1.807) is 0 Å². The van der Waals surface area contributed by atoms with Crippen molar-refractivity contribution in [1.82, 2.24) is 25.8 Å². The van der Waals surface area contributed by atoms with Crippen LogP contribution in [0.25, 0.3) is 0 Å². The van der Waals surface area contributed by atoms with Gasteiger partial charge in [0.25, 0.3) is 5.91 Å². The number of fused-ring (bicyclic) bond motifs is 1. The van der Waals surface area contributed by atoms with Crippen molar-refractivity contribution in [1.29, 1.82) is 0 Å². The van der Waals surface area contributed by atoms with Crippen LogP contribution >= 0.6 is 11.6 Å². The lowest BCUT2D eigenvalue weighted by Gasteiger charge is -2.34. The van der Waals surface area contributed by atoms with E-state index in [-0.39, 0.29) is 38.0 Å². The summed E-state index contributed by atoms with van der Waals surface area (Å²) in [6.07, 6.45) is -0.330. The molecule has 2 atom stereocenters. The number of nitrogens with one attached hydrogen (secondary N) is 3. The zero-order valence-corrected chi connectivity index (χ0v) is 28.5. The maximum atomic E-state index is 14.6. The zero-order valence-electron chi connectivity index (χ0n) is 27.7. The molecule has 0 saturated carbocycles. The molecule has 55 heavy (non-hydrogen) atoms. The normalized spacial score (nSPS) is 15.9. The lowest BCUT2D eigenvalue weighted by atomic mass is 9.72. The predicted molar refractivity (Wildman–Crippen MR) is 177 cm³/mol. The SMILES string of the molecule is O=C(NCCCN1CCN(C(=O)NC(C(=O)NC2Cc3ccc(F)c(C(=O)O)c3OB2O)c2cc(F)c(O)c(O)c2Cl)C(=O)C1=O)c1cc(F)c(O)c(F)c1. The molecule has 5 rings (SSSR count). The molecule has 2 aliphatic rings. The number of imide groups is 1. The van der Waals surface area contributed by atoms with Crippen molar-refractivity contribution in [3.8, 4) is 23.0 Å². The number of nitrogens with zero attached hydrogens (tertiary/aromatic N) is 2. The molecule has 2 heterocycles. The van der Waals surface area contributed by atoms with Gasteiger partial charge in [-0.3, -0.25) is 24.1 Å². The van der Waals surface area contributed by atoms with Gasteiger partial charge in [0, 0.05) is 37.3 Å². The van der Waals surface area contributed by atoms with E-state index in [0.29, 0.717) is 23.1 Å². The van der Waals surface area contributed by atoms with Gasteiger partial charge in [-0.15, -0.1) is 0 Å². The Morgan fingerprint density at radius 2 is 1.58 bits per heavy atom. The van der Waals surface area contributed by atoms with Gasteiger partial charge in [-0.2, -0.15) is 0 Å². The summed E-state index contributed by atoms with van der Waals surface area (Å²) >= 11 is 6.10. The van der Waals surface area contributed by atoms with Gasteiger partial charge in [0.2, 0.25) is 5.91 Å². The van der Waals surface area contributed by atoms with Gasteiger partial charge in [0.05, 0.1) is 11.0 Å². The fourth-order valence-corrected chi connectivity index (χ4v) is 5.95. The maximum absolute atomic E-state index is 14.6. The van der Waals surface area contributed by atoms with Gasteiger partial charge in [0.15, 0.2) is 34.7 Å². The molecule has 1 saturated heterocycles. The summed E-state index contributed by atoms with van der Waals surface area (Å²) in [6.45, 7) is -0.986. The molecule has 2 aliphatic heterocycles. The lowest BCUT2D eigenvalue weighted by Crippen LogP contribution is -2.60. The van der Waals surface area contributed by atoms with Crippen molar-refractivity contribution in [3.63, 3.8) is 0 Å². The number of hydrogen-bond donors (Lipinski definition) is 8. The Bertz CT molecular complexity index is 2110. The third-order valence-corrected chi connectivity index (χ3v) is 8.91. The molecule has 0 bridgehead atoms. The molecule has 2 unspecified atom stereocenters. The van der Waals surface area contributed by atoms with Crippen LogP contribution in [0.4, 0.5) is 22.4 Å². The number of carbonyl (C=O) groups excluding carboxylic acids is 5. The molecular formula is C32H27BClF4N5O12. The number of phenolic OH excluding ortho intramolecular Hbond substituents is 3. The molecule has 6 amide bonds. The highest BCUT2D eigenvalue weighted by Crippen LogP contribution is 2.41. The average molecular weight is 796 g/mol. The minimum atomic E-state index is -2.11. The van der Waals surface area contributed by atoms with Gasteiger partial charge in [-0.05, 0) is 42.7 Å². The van der Waals surface area contributed by atoms with Crippen LogP contribution in [0, 0.1) is 23.3 Å². The summed E-state index contributed by atoms with van der Waals surface area (Å²) in [7, 11) is -2.01. The van der Waals surface area contributed by atoms with E-state index < -0.39 is 129 Å². The van der Waals surface area contributed by atoms with E-state index in [0.717, 1.165) is 17.0 Å². The first kappa shape index (κ1) is 39.9. The number of aromatic hydroxyl groups is 3. The van der Waals surface area contributed by atoms with Gasteiger partial charge in [-0.25, -0.2) is 27.2 Å². The Balaban J connectivity index is 1.27. The number of urea groups is 1. The van der Waals surface area contributed by atoms with Crippen LogP contribution < -0.4 is 20.6 Å². The highest BCUT2D eigenvalue weighted by molar-refractivity contribution is 6.47. The molecule has 3 aromatic carbocycles. The van der Waals surface area contributed by atoms with Crippen LogP contribution in [0.5, 0.6) is 23.0 Å². The van der Waals surface area contributed by atoms with Crippen molar-refractivity contribution >= 4 is 54.3 Å². The molecule has 1 fully saturated rings. The summed E-state index contributed by atoms with van der Waals surface area (Å²) in [5.74, 6) is -17.6. The number of aromatic carboxylic acids is 1. The molecular weight excluding hydrogens is 769 g/mol. The molecule has 290 valence electrons. The zero-order chi connectivity index (χ0) is 40.5. The van der Waals surface area contributed by atoms with Crippen LogP contribution in [0.3, 0.4) is 0 Å². The summed E-state index contributed by atoms with van der Waals surface area (Å²) in [6, 6.07) is 0.134. The molecule has 8 N–H and O–H groups in total. The molecule has 0 spiro atoms. The van der Waals surface area contributed by atoms with E-state index in [2.05, 4.69) is 16.0 Å². The fraction of sp³-hybridized carbons (Fsp3) is 0.250. The molecule has 0 aliphatic carbocycles. The smallest absolute Gasteiger partial charge is 0.534 e. The van der Waals surface area contributed by atoms with Crippen molar-refractivity contribution in [2.75, 3.05) is 26.2 Å². The summed E-state index contributed by atoms with van der Waals surface area (Å²) in [5.41, 5.74) is -1.95. The van der Waals surface area contributed by atoms with Crippen LogP contribution in [0.1, 0.15) is 44.3 Å². The van der Waals surface area contributed by atoms with Crippen molar-refractivity contribution in [2.24, 2.45) is 0 Å². The van der Waals surface area contributed by atoms with Gasteiger partial charge in [-0.1, -0.05) is 17.7 Å². The van der Waals surface area contributed by atoms with Crippen molar-refractivity contribution < 1.29 is 76.4 Å². The standard InChI is InChI=1S/C32H27BClF4N5O12/c34-21-14(11-18(38)24(45)25(21)46)22(28(48)40-19-10-12-2-3-15(35)20(31(51)52)26(12)55-33(19)54)41-32(53)43-7-6-42(29(49)30(43)50)5-1-4-39-27(47)13-8-16(36)23(44)17(37)9-13/h2-3,8-9,11,19,22,44-46,54H,1,4-7,10H2,(H,39,47)(H,40,48)(H,41,53)(H,51,52). The third kappa shape index (κ3) is 8.14.